The van der Waals surface area contributed by atoms with Crippen molar-refractivity contribution in [3.8, 4) is 0 Å². The van der Waals surface area contributed by atoms with Gasteiger partial charge in [0, 0.05) is 32.3 Å². The Morgan fingerprint density at radius 3 is 1.57 bits per heavy atom. The van der Waals surface area contributed by atoms with Gasteiger partial charge in [-0.25, -0.2) is 0 Å². The molecule has 0 unspecified atom stereocenters. The Hall–Kier alpha value is 1.98. The van der Waals surface area contributed by atoms with Gasteiger partial charge >= 0.3 is 29.6 Å². The molecule has 0 aliphatic heterocycles. The van der Waals surface area contributed by atoms with Crippen LogP contribution in [0.2, 0.25) is 0 Å². The van der Waals surface area contributed by atoms with Crippen LogP contribution in [-0.4, -0.2) is 13.3 Å². The van der Waals surface area contributed by atoms with E-state index in [0.29, 0.717) is 0 Å². The molecule has 0 saturated carbocycles. The molecule has 2 N–H and O–H groups in total. The molecule has 0 amide bonds. The predicted octanol–water partition coefficient (Wildman–Crippen LogP) is -3.21. The van der Waals surface area contributed by atoms with Gasteiger partial charge in [0.05, 0.1) is 0 Å². The first kappa shape index (κ1) is 16.0. The van der Waals surface area contributed by atoms with Crippen LogP contribution in [0.4, 0.5) is 0 Å². The Morgan fingerprint density at radius 1 is 1.57 bits per heavy atom. The normalized spacial score (nSPS) is 8.29. The van der Waals surface area contributed by atoms with Crippen molar-refractivity contribution in [1.82, 2.24) is 0 Å². The summed E-state index contributed by atoms with van der Waals surface area (Å²) in [5.41, 5.74) is 0. The summed E-state index contributed by atoms with van der Waals surface area (Å²) < 4.78 is 24.0. The quantitative estimate of drug-likeness (QED) is 0.459. The summed E-state index contributed by atoms with van der Waals surface area (Å²) in [6.45, 7) is 0. The van der Waals surface area contributed by atoms with Gasteiger partial charge in [-0.1, -0.05) is 0 Å². The summed E-state index contributed by atoms with van der Waals surface area (Å²) in [5.74, 6) is 0. The molecule has 0 aromatic rings. The maximum Gasteiger partial charge on any atom is 1.00 e. The fourth-order valence-electron chi connectivity index (χ4n) is 0. The summed E-state index contributed by atoms with van der Waals surface area (Å²) >= 11 is 3.47. The summed E-state index contributed by atoms with van der Waals surface area (Å²) in [6, 6.07) is 0. The molecule has 0 aromatic carbocycles. The average Bonchev–Trinajstić information content (AvgIpc) is 0.722. The van der Waals surface area contributed by atoms with E-state index >= 15 is 0 Å². The number of hydrogen-bond acceptors (Lipinski definition) is 2. The maximum absolute atomic E-state index is 9.11. The van der Waals surface area contributed by atoms with Gasteiger partial charge in [-0.2, -0.15) is 4.21 Å². The van der Waals surface area contributed by atoms with E-state index in [9.17, 15) is 0 Å². The summed E-state index contributed by atoms with van der Waals surface area (Å²) in [4.78, 5) is 0. The SMILES string of the molecule is O=S(O)(O)=S.[H-].[Na+].[Pt]. The first-order chi connectivity index (χ1) is 2.00. The smallest absolute Gasteiger partial charge is 1.00 e. The molecule has 0 bridgehead atoms. The summed E-state index contributed by atoms with van der Waals surface area (Å²) in [7, 11) is -3.83. The van der Waals surface area contributed by atoms with Gasteiger partial charge in [-0.3, -0.25) is 9.11 Å². The molecule has 0 atom stereocenters. The van der Waals surface area contributed by atoms with Crippen molar-refractivity contribution >= 4 is 20.2 Å². The van der Waals surface area contributed by atoms with Gasteiger partial charge in [0.15, 0.2) is 0 Å². The molecule has 44 valence electrons. The molecule has 0 fully saturated rings. The zero-order valence-electron chi connectivity index (χ0n) is 4.44. The molecule has 0 heterocycles. The van der Waals surface area contributed by atoms with E-state index < -0.39 is 9.05 Å². The Bertz CT molecular complexity index is 100. The van der Waals surface area contributed by atoms with Crippen molar-refractivity contribution in [2.75, 3.05) is 0 Å². The molecule has 0 spiro atoms. The van der Waals surface area contributed by atoms with Crippen molar-refractivity contribution in [2.24, 2.45) is 0 Å². The van der Waals surface area contributed by atoms with E-state index in [1.54, 1.807) is 0 Å². The van der Waals surface area contributed by atoms with Crippen LogP contribution in [0.15, 0.2) is 0 Å². The predicted molar refractivity (Wildman–Crippen MR) is 21.9 cm³/mol. The molecular weight excluding hydrogens is 330 g/mol. The van der Waals surface area contributed by atoms with E-state index in [-0.39, 0.29) is 52.0 Å². The second kappa shape index (κ2) is 6.10. The van der Waals surface area contributed by atoms with Crippen LogP contribution in [-0.2, 0) is 41.3 Å². The molecule has 3 nitrogen and oxygen atoms in total. The third-order valence-corrected chi connectivity index (χ3v) is 0. The van der Waals surface area contributed by atoms with Gasteiger partial charge in [0.1, 0.15) is 0 Å². The molecule has 0 rings (SSSR count). The van der Waals surface area contributed by atoms with E-state index in [0.717, 1.165) is 0 Å². The second-order valence-corrected chi connectivity index (χ2v) is 2.65. The van der Waals surface area contributed by atoms with Crippen molar-refractivity contribution < 1.29 is 65.4 Å². The second-order valence-electron chi connectivity index (χ2n) is 0.448. The van der Waals surface area contributed by atoms with E-state index in [4.69, 9.17) is 13.3 Å². The van der Waals surface area contributed by atoms with Crippen molar-refractivity contribution in [3.63, 3.8) is 0 Å². The topological polar surface area (TPSA) is 57.5 Å². The van der Waals surface area contributed by atoms with E-state index in [2.05, 4.69) is 11.2 Å². The van der Waals surface area contributed by atoms with Crippen molar-refractivity contribution in [3.05, 3.63) is 0 Å². The molecule has 0 radical (unpaired) electrons. The maximum atomic E-state index is 9.11. The molecule has 7 heavy (non-hydrogen) atoms. The fourth-order valence-corrected chi connectivity index (χ4v) is 0. The number of rotatable bonds is 0. The third kappa shape index (κ3) is 72.9. The van der Waals surface area contributed by atoms with Crippen LogP contribution in [0.1, 0.15) is 1.43 Å². The molecule has 0 aromatic heterocycles. The van der Waals surface area contributed by atoms with Crippen LogP contribution in [0.3, 0.4) is 0 Å². The Kier molecular flexibility index (Phi) is 13.9. The van der Waals surface area contributed by atoms with Crippen molar-refractivity contribution in [1.29, 1.82) is 0 Å². The molecular formula is H3NaO3PtS2. The fraction of sp³-hybridized carbons (Fsp3) is 0. The van der Waals surface area contributed by atoms with Gasteiger partial charge in [-0.05, 0) is 0 Å². The standard InChI is InChI=1S/Na.H2O3S2.Pt.H/c;1-5(2,3)4;;/h;(H2,1,2,3,4);;/q+1;;;-1. The molecule has 0 aliphatic rings. The van der Waals surface area contributed by atoms with Gasteiger partial charge in [-0.15, -0.1) is 0 Å². The first-order valence-corrected chi connectivity index (χ1v) is 3.10. The van der Waals surface area contributed by atoms with Crippen LogP contribution in [0, 0.1) is 0 Å². The van der Waals surface area contributed by atoms with Crippen LogP contribution < -0.4 is 29.6 Å². The monoisotopic (exact) mass is 333 g/mol. The molecule has 0 aliphatic carbocycles. The van der Waals surface area contributed by atoms with Crippen LogP contribution in [0.25, 0.3) is 0 Å². The molecule has 0 saturated heterocycles. The van der Waals surface area contributed by atoms with Gasteiger partial charge < -0.3 is 1.43 Å². The summed E-state index contributed by atoms with van der Waals surface area (Å²) in [6.07, 6.45) is 0. The average molecular weight is 333 g/mol. The zero-order valence-corrected chi connectivity index (χ0v) is 9.34. The van der Waals surface area contributed by atoms with Crippen LogP contribution in [0.5, 0.6) is 0 Å². The van der Waals surface area contributed by atoms with Gasteiger partial charge in [0.2, 0.25) is 0 Å². The van der Waals surface area contributed by atoms with E-state index in [1.165, 1.54) is 0 Å². The number of hydrogen-bond donors (Lipinski definition) is 2. The van der Waals surface area contributed by atoms with Crippen LogP contribution >= 0.6 is 0 Å². The third-order valence-electron chi connectivity index (χ3n) is 0. The Morgan fingerprint density at radius 2 is 1.57 bits per heavy atom. The van der Waals surface area contributed by atoms with Gasteiger partial charge in [0.25, 0.3) is 9.05 Å². The molecule has 7 heteroatoms. The van der Waals surface area contributed by atoms with E-state index in [1.807, 2.05) is 0 Å². The zero-order chi connectivity index (χ0) is 4.50. The minimum atomic E-state index is -3.83. The van der Waals surface area contributed by atoms with Crippen molar-refractivity contribution in [2.45, 2.75) is 0 Å². The largest absolute Gasteiger partial charge is 1.00 e. The Balaban J connectivity index is -0.0000000267. The Labute approximate surface area is 84.6 Å². The minimum absolute atomic E-state index is 0. The first-order valence-electron chi connectivity index (χ1n) is 0.698. The summed E-state index contributed by atoms with van der Waals surface area (Å²) in [5, 5.41) is 0. The minimum Gasteiger partial charge on any atom is -1.00 e.